The first kappa shape index (κ1) is 14.9. The minimum Gasteiger partial charge on any atom is -1.00 e. The number of halogens is 5. The van der Waals surface area contributed by atoms with Gasteiger partial charge in [-0.3, -0.25) is 4.21 Å². The average molecular weight is 223 g/mol. The molecule has 11 heavy (non-hydrogen) atoms. The van der Waals surface area contributed by atoms with E-state index in [2.05, 4.69) is 0 Å². The fraction of sp³-hybridized carbons (Fsp3) is 1.00. The molecule has 1 atom stereocenters. The molecule has 0 radical (unpaired) electrons. The summed E-state index contributed by atoms with van der Waals surface area (Å²) in [5.74, 6) is 0. The number of hydrogen-bond donors (Lipinski definition) is 0. The van der Waals surface area contributed by atoms with E-state index < -0.39 is 22.5 Å². The summed E-state index contributed by atoms with van der Waals surface area (Å²) < 4.78 is 73.8. The van der Waals surface area contributed by atoms with Crippen LogP contribution in [0.15, 0.2) is 0 Å². The van der Waals surface area contributed by atoms with Crippen molar-refractivity contribution in [3.8, 4) is 0 Å². The van der Waals surface area contributed by atoms with Crippen LogP contribution in [-0.4, -0.2) is 20.2 Å². The van der Waals surface area contributed by atoms with Gasteiger partial charge in [0.05, 0.1) is 0 Å². The van der Waals surface area contributed by atoms with Crippen molar-refractivity contribution in [3.63, 3.8) is 0 Å². The van der Waals surface area contributed by atoms with Crippen LogP contribution in [0.1, 0.15) is 1.43 Å². The zero-order valence-corrected chi connectivity index (χ0v) is 9.05. The van der Waals surface area contributed by atoms with Crippen LogP contribution >= 0.6 is 0 Å². The molecule has 0 aliphatic carbocycles. The monoisotopic (exact) mass is 223 g/mol. The van der Waals surface area contributed by atoms with Gasteiger partial charge >= 0.3 is 62.8 Å². The summed E-state index contributed by atoms with van der Waals surface area (Å²) in [6.45, 7) is 0. The normalized spacial score (nSPS) is 15.5. The predicted molar refractivity (Wildman–Crippen MR) is 21.0 cm³/mol. The fourth-order valence-corrected chi connectivity index (χ4v) is 0.283. The largest absolute Gasteiger partial charge is 1.00 e. The Kier molecular flexibility index (Phi) is 6.20. The van der Waals surface area contributed by atoms with Crippen molar-refractivity contribution in [2.75, 3.05) is 0 Å². The van der Waals surface area contributed by atoms with Crippen molar-refractivity contribution in [1.29, 1.82) is 0 Å². The molecule has 0 spiro atoms. The van der Waals surface area contributed by atoms with Crippen molar-refractivity contribution in [3.05, 3.63) is 0 Å². The second-order valence-corrected chi connectivity index (χ2v) is 2.23. The van der Waals surface area contributed by atoms with Gasteiger partial charge in [-0.1, -0.05) is 0 Å². The molecule has 0 aliphatic heterocycles. The van der Waals surface area contributed by atoms with Crippen molar-refractivity contribution >= 4 is 11.1 Å². The van der Waals surface area contributed by atoms with Gasteiger partial charge in [-0.2, -0.15) is 22.0 Å². The minimum absolute atomic E-state index is 0. The Hall–Kier alpha value is 1.40. The van der Waals surface area contributed by atoms with Gasteiger partial charge in [0.25, 0.3) is 0 Å². The van der Waals surface area contributed by atoms with Crippen molar-refractivity contribution in [1.82, 2.24) is 0 Å². The third kappa shape index (κ3) is 3.74. The van der Waals surface area contributed by atoms with E-state index in [1.165, 1.54) is 0 Å². The van der Waals surface area contributed by atoms with Gasteiger partial charge in [0.15, 0.2) is 0 Å². The number of alkyl halides is 5. The number of rotatable bonds is 1. The van der Waals surface area contributed by atoms with Gasteiger partial charge in [0, 0.05) is 11.1 Å². The van der Waals surface area contributed by atoms with Crippen molar-refractivity contribution in [2.45, 2.75) is 11.4 Å². The molecule has 0 saturated carbocycles. The van der Waals surface area contributed by atoms with E-state index in [1.807, 2.05) is 0 Å². The molecule has 64 valence electrons. The fourth-order valence-electron chi connectivity index (χ4n) is 0.0945. The summed E-state index contributed by atoms with van der Waals surface area (Å²) in [4.78, 5) is 0. The van der Waals surface area contributed by atoms with Crippen LogP contribution in [0.3, 0.4) is 0 Å². The topological polar surface area (TPSA) is 40.1 Å². The van der Waals surface area contributed by atoms with Gasteiger partial charge in [-0.15, -0.1) is 0 Å². The van der Waals surface area contributed by atoms with E-state index in [1.54, 1.807) is 0 Å². The van der Waals surface area contributed by atoms with E-state index in [-0.39, 0.29) is 52.8 Å². The Morgan fingerprint density at radius 3 is 1.45 bits per heavy atom. The molecular formula is C2HF5KO2S-. The third-order valence-corrected chi connectivity index (χ3v) is 1.19. The smallest absolute Gasteiger partial charge is 1.00 e. The first-order valence-corrected chi connectivity index (χ1v) is 2.81. The molecular weight excluding hydrogens is 222 g/mol. The molecule has 0 aromatic rings. The van der Waals surface area contributed by atoms with Crippen LogP contribution in [-0.2, 0) is 11.1 Å². The molecule has 0 bridgehead atoms. The molecule has 0 aromatic carbocycles. The van der Waals surface area contributed by atoms with E-state index >= 15 is 0 Å². The maximum absolute atomic E-state index is 11.3. The Bertz CT molecular complexity index is 160. The van der Waals surface area contributed by atoms with Crippen LogP contribution in [0.25, 0.3) is 0 Å². The Morgan fingerprint density at radius 1 is 1.18 bits per heavy atom. The Morgan fingerprint density at radius 2 is 1.45 bits per heavy atom. The van der Waals surface area contributed by atoms with E-state index in [0.29, 0.717) is 0 Å². The summed E-state index contributed by atoms with van der Waals surface area (Å²) in [5, 5.41) is -5.65. The second kappa shape index (κ2) is 4.58. The Balaban J connectivity index is -0.000000405. The van der Waals surface area contributed by atoms with E-state index in [0.717, 1.165) is 0 Å². The van der Waals surface area contributed by atoms with Gasteiger partial charge in [0.2, 0.25) is 0 Å². The van der Waals surface area contributed by atoms with Crippen LogP contribution in [0.4, 0.5) is 22.0 Å². The number of hydrogen-bond acceptors (Lipinski definition) is 2. The quantitative estimate of drug-likeness (QED) is 0.297. The zero-order valence-electron chi connectivity index (χ0n) is 6.11. The van der Waals surface area contributed by atoms with Crippen LogP contribution in [0, 0.1) is 0 Å². The van der Waals surface area contributed by atoms with Gasteiger partial charge in [-0.25, -0.2) is 0 Å². The van der Waals surface area contributed by atoms with Gasteiger partial charge in [-0.05, 0) is 0 Å². The Labute approximate surface area is 105 Å². The van der Waals surface area contributed by atoms with E-state index in [4.69, 9.17) is 0 Å². The van der Waals surface area contributed by atoms with Crippen molar-refractivity contribution in [2.24, 2.45) is 0 Å². The maximum Gasteiger partial charge on any atom is 1.00 e. The maximum atomic E-state index is 11.3. The molecule has 0 rings (SSSR count). The molecule has 0 saturated heterocycles. The van der Waals surface area contributed by atoms with Crippen molar-refractivity contribution < 1.29 is 83.5 Å². The van der Waals surface area contributed by atoms with E-state index in [9.17, 15) is 30.7 Å². The first-order chi connectivity index (χ1) is 4.19. The molecule has 0 heterocycles. The minimum atomic E-state index is -6.03. The van der Waals surface area contributed by atoms with Crippen LogP contribution < -0.4 is 51.4 Å². The summed E-state index contributed by atoms with van der Waals surface area (Å²) in [6, 6.07) is 0. The van der Waals surface area contributed by atoms with Gasteiger partial charge < -0.3 is 5.98 Å². The van der Waals surface area contributed by atoms with Gasteiger partial charge in [0.1, 0.15) is 0 Å². The summed E-state index contributed by atoms with van der Waals surface area (Å²) >= 11 is -4.45. The molecule has 2 nitrogen and oxygen atoms in total. The zero-order chi connectivity index (χ0) is 8.58. The molecule has 0 N–H and O–H groups in total. The first-order valence-electron chi connectivity index (χ1n) is 1.73. The third-order valence-electron chi connectivity index (χ3n) is 0.539. The summed E-state index contributed by atoms with van der Waals surface area (Å²) in [5.41, 5.74) is 0. The molecule has 9 heteroatoms. The average Bonchev–Trinajstić information content (AvgIpc) is 1.62. The molecule has 0 aliphatic rings. The molecule has 0 aromatic heterocycles. The van der Waals surface area contributed by atoms with Crippen LogP contribution in [0.5, 0.6) is 0 Å². The van der Waals surface area contributed by atoms with Crippen LogP contribution in [0.2, 0.25) is 0 Å². The summed E-state index contributed by atoms with van der Waals surface area (Å²) in [7, 11) is 0. The molecule has 0 amide bonds. The summed E-state index contributed by atoms with van der Waals surface area (Å²) in [6.07, 6.45) is -6.03. The standard InChI is InChI=1S/C2HF5O2S.K.H/c3-1(4,5)2(6,7)10(8)9;;/h(H,8,9);;/q;+1;-1/p-1. The SMILES string of the molecule is O=S([O-])C(F)(F)C(F)(F)F.[H-].[K+]. The molecule has 1 unspecified atom stereocenters. The second-order valence-electron chi connectivity index (χ2n) is 1.25. The molecule has 0 fully saturated rings. The predicted octanol–water partition coefficient (Wildman–Crippen LogP) is -1.86.